The molecule has 0 atom stereocenters. The van der Waals surface area contributed by atoms with Crippen LogP contribution < -0.4 is 0 Å². The third kappa shape index (κ3) is 4.50. The van der Waals surface area contributed by atoms with Crippen LogP contribution in [0, 0.1) is 6.92 Å². The monoisotopic (exact) mass is 368 g/mol. The highest BCUT2D eigenvalue weighted by Crippen LogP contribution is 2.28. The molecule has 0 bridgehead atoms. The summed E-state index contributed by atoms with van der Waals surface area (Å²) in [6.45, 7) is 7.52. The molecule has 1 aromatic carbocycles. The number of pyridine rings is 1. The van der Waals surface area contributed by atoms with Crippen LogP contribution in [0.3, 0.4) is 0 Å². The first-order valence-corrected chi connectivity index (χ1v) is 8.98. The molecule has 3 heterocycles. The Morgan fingerprint density at radius 1 is 1.15 bits per heavy atom. The van der Waals surface area contributed by atoms with Crippen molar-refractivity contribution in [3.63, 3.8) is 0 Å². The SMILES string of the molecule is Cc1ccc(-c2nccn2CCN2CCOCC2)c2cccnc12.O=CO. The summed E-state index contributed by atoms with van der Waals surface area (Å²) in [6, 6.07) is 8.41. The molecule has 27 heavy (non-hydrogen) atoms. The van der Waals surface area contributed by atoms with Gasteiger partial charge in [0.1, 0.15) is 5.82 Å². The number of imidazole rings is 1. The van der Waals surface area contributed by atoms with Crippen LogP contribution >= 0.6 is 0 Å². The molecule has 0 amide bonds. The van der Waals surface area contributed by atoms with Gasteiger partial charge in [0.15, 0.2) is 0 Å². The van der Waals surface area contributed by atoms with Crippen LogP contribution in [0.2, 0.25) is 0 Å². The second-order valence-electron chi connectivity index (χ2n) is 6.33. The van der Waals surface area contributed by atoms with Crippen LogP contribution in [-0.4, -0.2) is 63.9 Å². The third-order valence-corrected chi connectivity index (χ3v) is 4.69. The number of morpholine rings is 1. The molecule has 1 saturated heterocycles. The van der Waals surface area contributed by atoms with Gasteiger partial charge in [-0.3, -0.25) is 14.7 Å². The predicted molar refractivity (Wildman–Crippen MR) is 104 cm³/mol. The van der Waals surface area contributed by atoms with E-state index in [1.165, 1.54) is 5.56 Å². The van der Waals surface area contributed by atoms with E-state index in [1.807, 2.05) is 18.5 Å². The standard InChI is InChI=1S/C19H22N4O.CH2O2/c1-15-4-5-17(16-3-2-6-20-18(15)16)19-21-7-8-23(19)10-9-22-11-13-24-14-12-22;2-1-3/h2-8H,9-14H2,1H3;1H,(H,2,3). The number of hydrogen-bond donors (Lipinski definition) is 1. The van der Waals surface area contributed by atoms with Crippen LogP contribution in [0.25, 0.3) is 22.3 Å². The summed E-state index contributed by atoms with van der Waals surface area (Å²) in [5.74, 6) is 1.02. The van der Waals surface area contributed by atoms with Crippen LogP contribution in [0.4, 0.5) is 0 Å². The number of aryl methyl sites for hydroxylation is 1. The van der Waals surface area contributed by atoms with E-state index in [9.17, 15) is 0 Å². The lowest BCUT2D eigenvalue weighted by atomic mass is 10.0. The molecule has 1 aliphatic rings. The molecule has 0 aliphatic carbocycles. The first kappa shape index (κ1) is 19.0. The number of nitrogens with zero attached hydrogens (tertiary/aromatic N) is 4. The fourth-order valence-electron chi connectivity index (χ4n) is 3.32. The third-order valence-electron chi connectivity index (χ3n) is 4.69. The summed E-state index contributed by atoms with van der Waals surface area (Å²) in [5, 5.41) is 8.05. The minimum absolute atomic E-state index is 0.250. The normalized spacial score (nSPS) is 14.6. The minimum atomic E-state index is -0.250. The lowest BCUT2D eigenvalue weighted by Gasteiger charge is -2.26. The van der Waals surface area contributed by atoms with Gasteiger partial charge in [-0.1, -0.05) is 18.2 Å². The summed E-state index contributed by atoms with van der Waals surface area (Å²) >= 11 is 0. The average Bonchev–Trinajstić information content (AvgIpc) is 3.17. The summed E-state index contributed by atoms with van der Waals surface area (Å²) in [7, 11) is 0. The largest absolute Gasteiger partial charge is 0.483 e. The van der Waals surface area contributed by atoms with Gasteiger partial charge in [-0.25, -0.2) is 4.98 Å². The maximum atomic E-state index is 8.36. The minimum Gasteiger partial charge on any atom is -0.483 e. The highest BCUT2D eigenvalue weighted by molar-refractivity contribution is 5.94. The number of benzene rings is 1. The Bertz CT molecular complexity index is 888. The Morgan fingerprint density at radius 2 is 1.93 bits per heavy atom. The molecule has 0 unspecified atom stereocenters. The smallest absolute Gasteiger partial charge is 0.290 e. The fourth-order valence-corrected chi connectivity index (χ4v) is 3.32. The molecule has 7 heteroatoms. The molecule has 3 aromatic rings. The predicted octanol–water partition coefficient (Wildman–Crippen LogP) is 2.44. The highest BCUT2D eigenvalue weighted by Gasteiger charge is 2.14. The number of rotatable bonds is 4. The molecule has 7 nitrogen and oxygen atoms in total. The Kier molecular flexibility index (Phi) is 6.51. The molecule has 0 radical (unpaired) electrons. The van der Waals surface area contributed by atoms with Crippen molar-refractivity contribution in [2.45, 2.75) is 13.5 Å². The number of fused-ring (bicyclic) bond motifs is 1. The molecule has 1 aliphatic heterocycles. The number of ether oxygens (including phenoxy) is 1. The first-order valence-electron chi connectivity index (χ1n) is 8.98. The van der Waals surface area contributed by atoms with E-state index < -0.39 is 0 Å². The van der Waals surface area contributed by atoms with Crippen molar-refractivity contribution in [3.8, 4) is 11.4 Å². The quantitative estimate of drug-likeness (QED) is 0.713. The fraction of sp³-hybridized carbons (Fsp3) is 0.350. The van der Waals surface area contributed by atoms with Crippen molar-refractivity contribution >= 4 is 17.4 Å². The molecular formula is C20H24N4O3. The number of aromatic nitrogens is 3. The lowest BCUT2D eigenvalue weighted by molar-refractivity contribution is -0.122. The molecule has 1 fully saturated rings. The van der Waals surface area contributed by atoms with E-state index in [0.717, 1.165) is 61.7 Å². The van der Waals surface area contributed by atoms with E-state index in [0.29, 0.717) is 0 Å². The van der Waals surface area contributed by atoms with Gasteiger partial charge in [-0.15, -0.1) is 0 Å². The molecule has 142 valence electrons. The second-order valence-corrected chi connectivity index (χ2v) is 6.33. The number of carboxylic acid groups (broad SMARTS) is 1. The van der Waals surface area contributed by atoms with Gasteiger partial charge in [0.25, 0.3) is 6.47 Å². The molecule has 4 rings (SSSR count). The van der Waals surface area contributed by atoms with E-state index >= 15 is 0 Å². The molecule has 2 aromatic heterocycles. The topological polar surface area (TPSA) is 80.5 Å². The molecular weight excluding hydrogens is 344 g/mol. The van der Waals surface area contributed by atoms with Crippen molar-refractivity contribution in [2.24, 2.45) is 0 Å². The number of carbonyl (C=O) groups is 1. The van der Waals surface area contributed by atoms with Crippen LogP contribution in [0.1, 0.15) is 5.56 Å². The van der Waals surface area contributed by atoms with Gasteiger partial charge in [0.05, 0.1) is 18.7 Å². The average molecular weight is 368 g/mol. The van der Waals surface area contributed by atoms with Crippen LogP contribution in [0.15, 0.2) is 42.9 Å². The summed E-state index contributed by atoms with van der Waals surface area (Å²) in [4.78, 5) is 20.0. The molecule has 0 spiro atoms. The zero-order chi connectivity index (χ0) is 19.1. The summed E-state index contributed by atoms with van der Waals surface area (Å²) < 4.78 is 7.66. The van der Waals surface area contributed by atoms with E-state index in [1.54, 1.807) is 0 Å². The van der Waals surface area contributed by atoms with Gasteiger partial charge in [0.2, 0.25) is 0 Å². The maximum Gasteiger partial charge on any atom is 0.290 e. The lowest BCUT2D eigenvalue weighted by Crippen LogP contribution is -2.38. The van der Waals surface area contributed by atoms with Gasteiger partial charge in [0, 0.05) is 55.7 Å². The van der Waals surface area contributed by atoms with Crippen LogP contribution in [-0.2, 0) is 16.1 Å². The van der Waals surface area contributed by atoms with E-state index in [2.05, 4.69) is 50.8 Å². The Labute approximate surface area is 158 Å². The maximum absolute atomic E-state index is 8.36. The Hall–Kier alpha value is -2.77. The zero-order valence-electron chi connectivity index (χ0n) is 15.4. The Balaban J connectivity index is 0.000000659. The van der Waals surface area contributed by atoms with Gasteiger partial charge >= 0.3 is 0 Å². The summed E-state index contributed by atoms with van der Waals surface area (Å²) in [5.41, 5.74) is 3.40. The van der Waals surface area contributed by atoms with Gasteiger partial charge < -0.3 is 14.4 Å². The van der Waals surface area contributed by atoms with Crippen LogP contribution in [0.5, 0.6) is 0 Å². The number of hydrogen-bond acceptors (Lipinski definition) is 5. The first-order chi connectivity index (χ1) is 13.2. The molecule has 1 N–H and O–H groups in total. The highest BCUT2D eigenvalue weighted by atomic mass is 16.5. The van der Waals surface area contributed by atoms with E-state index in [-0.39, 0.29) is 6.47 Å². The van der Waals surface area contributed by atoms with Crippen molar-refractivity contribution in [3.05, 3.63) is 48.4 Å². The second kappa shape index (κ2) is 9.25. The van der Waals surface area contributed by atoms with Gasteiger partial charge in [-0.05, 0) is 18.6 Å². The van der Waals surface area contributed by atoms with Crippen molar-refractivity contribution in [1.82, 2.24) is 19.4 Å². The summed E-state index contributed by atoms with van der Waals surface area (Å²) in [6.07, 6.45) is 5.80. The van der Waals surface area contributed by atoms with Gasteiger partial charge in [-0.2, -0.15) is 0 Å². The van der Waals surface area contributed by atoms with E-state index in [4.69, 9.17) is 14.6 Å². The van der Waals surface area contributed by atoms with Crippen molar-refractivity contribution < 1.29 is 14.6 Å². The van der Waals surface area contributed by atoms with Crippen molar-refractivity contribution in [1.29, 1.82) is 0 Å². The molecule has 0 saturated carbocycles. The van der Waals surface area contributed by atoms with Crippen molar-refractivity contribution in [2.75, 3.05) is 32.8 Å². The Morgan fingerprint density at radius 3 is 2.70 bits per heavy atom. The zero-order valence-corrected chi connectivity index (χ0v) is 15.4.